The van der Waals surface area contributed by atoms with Gasteiger partial charge in [0.2, 0.25) is 0 Å². The molecule has 5 nitrogen and oxygen atoms in total. The number of hydrogen-bond donors (Lipinski definition) is 2. The van der Waals surface area contributed by atoms with Gasteiger partial charge in [-0.1, -0.05) is 12.1 Å². The van der Waals surface area contributed by atoms with E-state index < -0.39 is 0 Å². The molecule has 0 bridgehead atoms. The molecule has 2 aromatic carbocycles. The van der Waals surface area contributed by atoms with Crippen LogP contribution in [-0.2, 0) is 0 Å². The third-order valence-corrected chi connectivity index (χ3v) is 4.04. The molecule has 0 atom stereocenters. The third-order valence-electron chi connectivity index (χ3n) is 4.04. The van der Waals surface area contributed by atoms with Gasteiger partial charge >= 0.3 is 0 Å². The van der Waals surface area contributed by atoms with Crippen molar-refractivity contribution < 1.29 is 4.79 Å². The highest BCUT2D eigenvalue weighted by Crippen LogP contribution is 2.19. The SMILES string of the molecule is Cc1ccc(NC(=O)c2cc(Nc3cccc(C#N)c3)ccn2)cc1C. The van der Waals surface area contributed by atoms with E-state index in [1.807, 2.05) is 38.1 Å². The fourth-order valence-electron chi connectivity index (χ4n) is 2.48. The summed E-state index contributed by atoms with van der Waals surface area (Å²) in [7, 11) is 0. The predicted molar refractivity (Wildman–Crippen MR) is 103 cm³/mol. The molecule has 5 heteroatoms. The fraction of sp³-hybridized carbons (Fsp3) is 0.0952. The molecule has 1 amide bonds. The summed E-state index contributed by atoms with van der Waals surface area (Å²) in [5.41, 5.74) is 5.40. The highest BCUT2D eigenvalue weighted by molar-refractivity contribution is 6.03. The number of pyridine rings is 1. The number of benzene rings is 2. The Kier molecular flexibility index (Phi) is 4.95. The van der Waals surface area contributed by atoms with Crippen LogP contribution in [0.4, 0.5) is 17.1 Å². The molecule has 0 spiro atoms. The lowest BCUT2D eigenvalue weighted by molar-refractivity contribution is 0.102. The number of hydrogen-bond acceptors (Lipinski definition) is 4. The van der Waals surface area contributed by atoms with Gasteiger partial charge in [0.25, 0.3) is 5.91 Å². The first-order valence-electron chi connectivity index (χ1n) is 8.17. The van der Waals surface area contributed by atoms with Crippen LogP contribution in [0.3, 0.4) is 0 Å². The molecule has 0 fully saturated rings. The van der Waals surface area contributed by atoms with Crippen LogP contribution >= 0.6 is 0 Å². The number of nitrogens with zero attached hydrogens (tertiary/aromatic N) is 2. The minimum atomic E-state index is -0.275. The maximum atomic E-state index is 12.5. The van der Waals surface area contributed by atoms with E-state index in [1.165, 1.54) is 5.56 Å². The second-order valence-electron chi connectivity index (χ2n) is 6.00. The molecule has 0 saturated heterocycles. The van der Waals surface area contributed by atoms with Crippen LogP contribution in [0.25, 0.3) is 0 Å². The molecule has 0 saturated carbocycles. The first kappa shape index (κ1) is 17.2. The van der Waals surface area contributed by atoms with Gasteiger partial charge in [0.15, 0.2) is 0 Å². The summed E-state index contributed by atoms with van der Waals surface area (Å²) in [6.07, 6.45) is 1.58. The minimum absolute atomic E-state index is 0.275. The van der Waals surface area contributed by atoms with Crippen molar-refractivity contribution in [2.24, 2.45) is 0 Å². The summed E-state index contributed by atoms with van der Waals surface area (Å²) in [6.45, 7) is 4.03. The smallest absolute Gasteiger partial charge is 0.274 e. The standard InChI is InChI=1S/C21H18N4O/c1-14-6-7-18(10-15(14)2)25-21(26)20-12-19(8-9-23-20)24-17-5-3-4-16(11-17)13-22/h3-12H,1-2H3,(H,23,24)(H,25,26). The van der Waals surface area contributed by atoms with Crippen molar-refractivity contribution in [3.63, 3.8) is 0 Å². The number of carbonyl (C=O) groups excluding carboxylic acids is 1. The molecule has 26 heavy (non-hydrogen) atoms. The summed E-state index contributed by atoms with van der Waals surface area (Å²) in [5, 5.41) is 15.0. The Hall–Kier alpha value is -3.65. The lowest BCUT2D eigenvalue weighted by Crippen LogP contribution is -2.14. The Morgan fingerprint density at radius 2 is 1.77 bits per heavy atom. The van der Waals surface area contributed by atoms with E-state index in [9.17, 15) is 4.79 Å². The van der Waals surface area contributed by atoms with Crippen molar-refractivity contribution >= 4 is 23.0 Å². The molecular weight excluding hydrogens is 324 g/mol. The second kappa shape index (κ2) is 7.49. The lowest BCUT2D eigenvalue weighted by atomic mass is 10.1. The average Bonchev–Trinajstić information content (AvgIpc) is 2.65. The Balaban J connectivity index is 1.76. The Morgan fingerprint density at radius 3 is 2.54 bits per heavy atom. The molecule has 3 rings (SSSR count). The number of carbonyl (C=O) groups is 1. The quantitative estimate of drug-likeness (QED) is 0.728. The van der Waals surface area contributed by atoms with Gasteiger partial charge in [0.05, 0.1) is 11.6 Å². The van der Waals surface area contributed by atoms with E-state index in [2.05, 4.69) is 21.7 Å². The maximum Gasteiger partial charge on any atom is 0.274 e. The lowest BCUT2D eigenvalue weighted by Gasteiger charge is -2.10. The zero-order chi connectivity index (χ0) is 18.5. The molecular formula is C21H18N4O. The van der Waals surface area contributed by atoms with Crippen molar-refractivity contribution in [1.29, 1.82) is 5.26 Å². The summed E-state index contributed by atoms with van der Waals surface area (Å²) >= 11 is 0. The van der Waals surface area contributed by atoms with E-state index in [4.69, 9.17) is 5.26 Å². The number of anilines is 3. The van der Waals surface area contributed by atoms with Crippen molar-refractivity contribution in [3.05, 3.63) is 83.2 Å². The van der Waals surface area contributed by atoms with Crippen molar-refractivity contribution in [2.75, 3.05) is 10.6 Å². The first-order valence-corrected chi connectivity index (χ1v) is 8.17. The highest BCUT2D eigenvalue weighted by atomic mass is 16.1. The van der Waals surface area contributed by atoms with E-state index >= 15 is 0 Å². The van der Waals surface area contributed by atoms with Crippen LogP contribution in [0.1, 0.15) is 27.2 Å². The molecule has 0 unspecified atom stereocenters. The number of nitriles is 1. The molecule has 0 aliphatic carbocycles. The number of rotatable bonds is 4. The third kappa shape index (κ3) is 4.05. The zero-order valence-corrected chi connectivity index (χ0v) is 14.6. The Morgan fingerprint density at radius 1 is 0.962 bits per heavy atom. The maximum absolute atomic E-state index is 12.5. The van der Waals surface area contributed by atoms with Crippen LogP contribution in [0.2, 0.25) is 0 Å². The summed E-state index contributed by atoms with van der Waals surface area (Å²) in [5.74, 6) is -0.275. The van der Waals surface area contributed by atoms with Gasteiger partial charge in [-0.2, -0.15) is 5.26 Å². The largest absolute Gasteiger partial charge is 0.355 e. The summed E-state index contributed by atoms with van der Waals surface area (Å²) in [4.78, 5) is 16.6. The van der Waals surface area contributed by atoms with Crippen LogP contribution in [0, 0.1) is 25.2 Å². The molecule has 0 aliphatic rings. The second-order valence-corrected chi connectivity index (χ2v) is 6.00. The minimum Gasteiger partial charge on any atom is -0.355 e. The van der Waals surface area contributed by atoms with Gasteiger partial charge in [0.1, 0.15) is 5.69 Å². The Bertz CT molecular complexity index is 1000. The van der Waals surface area contributed by atoms with Gasteiger partial charge in [-0.3, -0.25) is 9.78 Å². The first-order chi connectivity index (χ1) is 12.5. The molecule has 2 N–H and O–H groups in total. The molecule has 3 aromatic rings. The molecule has 0 radical (unpaired) electrons. The van der Waals surface area contributed by atoms with E-state index in [0.717, 1.165) is 22.6 Å². The number of nitrogens with one attached hydrogen (secondary N) is 2. The van der Waals surface area contributed by atoms with Gasteiger partial charge in [-0.05, 0) is 67.4 Å². The van der Waals surface area contributed by atoms with E-state index in [-0.39, 0.29) is 5.91 Å². The highest BCUT2D eigenvalue weighted by Gasteiger charge is 2.09. The van der Waals surface area contributed by atoms with Crippen LogP contribution in [0.5, 0.6) is 0 Å². The number of aryl methyl sites for hydroxylation is 2. The molecule has 1 heterocycles. The normalized spacial score (nSPS) is 10.0. The van der Waals surface area contributed by atoms with Crippen LogP contribution in [0.15, 0.2) is 60.8 Å². The summed E-state index contributed by atoms with van der Waals surface area (Å²) in [6, 6.07) is 18.5. The zero-order valence-electron chi connectivity index (χ0n) is 14.6. The fourth-order valence-corrected chi connectivity index (χ4v) is 2.48. The molecule has 128 valence electrons. The van der Waals surface area contributed by atoms with Crippen LogP contribution < -0.4 is 10.6 Å². The van der Waals surface area contributed by atoms with Crippen molar-refractivity contribution in [1.82, 2.24) is 4.98 Å². The average molecular weight is 342 g/mol. The van der Waals surface area contributed by atoms with Crippen LogP contribution in [-0.4, -0.2) is 10.9 Å². The summed E-state index contributed by atoms with van der Waals surface area (Å²) < 4.78 is 0. The van der Waals surface area contributed by atoms with Gasteiger partial charge in [-0.25, -0.2) is 0 Å². The van der Waals surface area contributed by atoms with Gasteiger partial charge in [-0.15, -0.1) is 0 Å². The number of aromatic nitrogens is 1. The van der Waals surface area contributed by atoms with Crippen molar-refractivity contribution in [2.45, 2.75) is 13.8 Å². The van der Waals surface area contributed by atoms with Crippen molar-refractivity contribution in [3.8, 4) is 6.07 Å². The van der Waals surface area contributed by atoms with E-state index in [1.54, 1.807) is 36.5 Å². The van der Waals surface area contributed by atoms with Gasteiger partial charge < -0.3 is 10.6 Å². The molecule has 0 aliphatic heterocycles. The molecule has 1 aromatic heterocycles. The topological polar surface area (TPSA) is 77.8 Å². The monoisotopic (exact) mass is 342 g/mol. The van der Waals surface area contributed by atoms with Gasteiger partial charge in [0, 0.05) is 23.3 Å². The number of amides is 1. The Labute approximate surface area is 152 Å². The predicted octanol–water partition coefficient (Wildman–Crippen LogP) is 4.57. The van der Waals surface area contributed by atoms with E-state index in [0.29, 0.717) is 11.3 Å².